The van der Waals surface area contributed by atoms with Crippen LogP contribution in [0.1, 0.15) is 32.8 Å². The van der Waals surface area contributed by atoms with E-state index in [-0.39, 0.29) is 24.5 Å². The Morgan fingerprint density at radius 3 is 2.29 bits per heavy atom. The molecule has 6 heteroatoms. The minimum Gasteiger partial charge on any atom is -0.484 e. The monoisotopic (exact) mass is 402 g/mol. The number of nitrogens with one attached hydrogen (secondary N) is 1. The zero-order valence-corrected chi connectivity index (χ0v) is 17.3. The first-order valence-electron chi connectivity index (χ1n) is 9.42. The SMILES string of the molecule is CC[C@@H](C(=O)NC(C)C)N(Cc1ccccc1)C(=O)COc1ccc(Cl)cc1. The molecule has 0 saturated carbocycles. The zero-order valence-electron chi connectivity index (χ0n) is 16.5. The third-order valence-corrected chi connectivity index (χ3v) is 4.44. The van der Waals surface area contributed by atoms with Crippen molar-refractivity contribution < 1.29 is 14.3 Å². The van der Waals surface area contributed by atoms with Crippen LogP contribution in [-0.2, 0) is 16.1 Å². The molecule has 2 aromatic carbocycles. The number of amides is 2. The molecule has 2 amide bonds. The number of benzene rings is 2. The first kappa shape index (κ1) is 21.8. The van der Waals surface area contributed by atoms with E-state index in [1.54, 1.807) is 29.2 Å². The summed E-state index contributed by atoms with van der Waals surface area (Å²) < 4.78 is 5.62. The van der Waals surface area contributed by atoms with Crippen LogP contribution in [0.4, 0.5) is 0 Å². The van der Waals surface area contributed by atoms with Crippen LogP contribution in [0.15, 0.2) is 54.6 Å². The average Bonchev–Trinajstić information content (AvgIpc) is 2.67. The molecule has 0 bridgehead atoms. The van der Waals surface area contributed by atoms with Gasteiger partial charge in [0.15, 0.2) is 6.61 Å². The number of hydrogen-bond donors (Lipinski definition) is 1. The summed E-state index contributed by atoms with van der Waals surface area (Å²) in [4.78, 5) is 27.2. The summed E-state index contributed by atoms with van der Waals surface area (Å²) >= 11 is 5.88. The average molecular weight is 403 g/mol. The first-order valence-corrected chi connectivity index (χ1v) is 9.80. The molecule has 0 spiro atoms. The highest BCUT2D eigenvalue weighted by Gasteiger charge is 2.29. The fraction of sp³-hybridized carbons (Fsp3) is 0.364. The molecule has 5 nitrogen and oxygen atoms in total. The Morgan fingerprint density at radius 1 is 1.07 bits per heavy atom. The number of rotatable bonds is 9. The summed E-state index contributed by atoms with van der Waals surface area (Å²) in [6.07, 6.45) is 0.512. The molecule has 1 atom stereocenters. The fourth-order valence-corrected chi connectivity index (χ4v) is 2.97. The summed E-state index contributed by atoms with van der Waals surface area (Å²) in [5.74, 6) is 0.148. The van der Waals surface area contributed by atoms with Crippen LogP contribution >= 0.6 is 11.6 Å². The van der Waals surface area contributed by atoms with Crippen LogP contribution < -0.4 is 10.1 Å². The van der Waals surface area contributed by atoms with E-state index in [2.05, 4.69) is 5.32 Å². The Kier molecular flexibility index (Phi) is 8.33. The minimum absolute atomic E-state index is 0.000504. The van der Waals surface area contributed by atoms with Crippen LogP contribution in [-0.4, -0.2) is 35.4 Å². The second-order valence-electron chi connectivity index (χ2n) is 6.84. The number of halogens is 1. The topological polar surface area (TPSA) is 58.6 Å². The molecule has 0 heterocycles. The Bertz CT molecular complexity index is 763. The summed E-state index contributed by atoms with van der Waals surface area (Å²) in [7, 11) is 0. The lowest BCUT2D eigenvalue weighted by atomic mass is 10.1. The van der Waals surface area contributed by atoms with Gasteiger partial charge in [-0.2, -0.15) is 0 Å². The molecule has 0 saturated heterocycles. The van der Waals surface area contributed by atoms with Crippen LogP contribution in [0.2, 0.25) is 5.02 Å². The van der Waals surface area contributed by atoms with E-state index in [9.17, 15) is 9.59 Å². The molecular formula is C22H27ClN2O3. The minimum atomic E-state index is -0.566. The van der Waals surface area contributed by atoms with Crippen molar-refractivity contribution in [1.29, 1.82) is 0 Å². The van der Waals surface area contributed by atoms with Crippen LogP contribution in [0.5, 0.6) is 5.75 Å². The van der Waals surface area contributed by atoms with Gasteiger partial charge in [-0.05, 0) is 50.1 Å². The molecular weight excluding hydrogens is 376 g/mol. The van der Waals surface area contributed by atoms with E-state index < -0.39 is 6.04 Å². The molecule has 0 fully saturated rings. The van der Waals surface area contributed by atoms with Crippen molar-refractivity contribution in [3.05, 3.63) is 65.2 Å². The van der Waals surface area contributed by atoms with Gasteiger partial charge >= 0.3 is 0 Å². The van der Waals surface area contributed by atoms with Crippen molar-refractivity contribution >= 4 is 23.4 Å². The zero-order chi connectivity index (χ0) is 20.5. The Morgan fingerprint density at radius 2 is 1.71 bits per heavy atom. The third-order valence-electron chi connectivity index (χ3n) is 4.19. The molecule has 0 aliphatic carbocycles. The quantitative estimate of drug-likeness (QED) is 0.688. The summed E-state index contributed by atoms with van der Waals surface area (Å²) in [5.41, 5.74) is 0.957. The van der Waals surface area contributed by atoms with Gasteiger partial charge in [-0.1, -0.05) is 48.9 Å². The Labute approximate surface area is 171 Å². The third kappa shape index (κ3) is 6.57. The predicted octanol–water partition coefficient (Wildman–Crippen LogP) is 4.05. The molecule has 2 rings (SSSR count). The van der Waals surface area contributed by atoms with Gasteiger partial charge in [-0.15, -0.1) is 0 Å². The maximum absolute atomic E-state index is 13.0. The normalized spacial score (nSPS) is 11.8. The number of carbonyl (C=O) groups is 2. The van der Waals surface area contributed by atoms with Crippen molar-refractivity contribution in [1.82, 2.24) is 10.2 Å². The van der Waals surface area contributed by atoms with Gasteiger partial charge in [0.05, 0.1) is 0 Å². The van der Waals surface area contributed by atoms with E-state index in [0.29, 0.717) is 23.7 Å². The predicted molar refractivity (Wildman–Crippen MR) is 111 cm³/mol. The van der Waals surface area contributed by atoms with Crippen molar-refractivity contribution in [2.45, 2.75) is 45.8 Å². The molecule has 28 heavy (non-hydrogen) atoms. The summed E-state index contributed by atoms with van der Waals surface area (Å²) in [6, 6.07) is 15.9. The number of nitrogens with zero attached hydrogens (tertiary/aromatic N) is 1. The lowest BCUT2D eigenvalue weighted by Crippen LogP contribution is -2.51. The highest BCUT2D eigenvalue weighted by molar-refractivity contribution is 6.30. The van der Waals surface area contributed by atoms with Gasteiger partial charge in [-0.25, -0.2) is 0 Å². The highest BCUT2D eigenvalue weighted by atomic mass is 35.5. The summed E-state index contributed by atoms with van der Waals surface area (Å²) in [6.45, 7) is 5.89. The number of carbonyl (C=O) groups excluding carboxylic acids is 2. The van der Waals surface area contributed by atoms with Gasteiger partial charge in [0.2, 0.25) is 5.91 Å². The standard InChI is InChI=1S/C22H27ClN2O3/c1-4-20(22(27)24-16(2)3)25(14-17-8-6-5-7-9-17)21(26)15-28-19-12-10-18(23)11-13-19/h5-13,16,20H,4,14-15H2,1-3H3,(H,24,27)/t20-/m0/s1. The largest absolute Gasteiger partial charge is 0.484 e. The van der Waals surface area contributed by atoms with Crippen LogP contribution in [0.3, 0.4) is 0 Å². The van der Waals surface area contributed by atoms with Gasteiger partial charge in [0.25, 0.3) is 5.91 Å². The molecule has 150 valence electrons. The van der Waals surface area contributed by atoms with E-state index >= 15 is 0 Å². The Balaban J connectivity index is 2.16. The molecule has 0 aliphatic heterocycles. The van der Waals surface area contributed by atoms with Crippen molar-refractivity contribution in [3.63, 3.8) is 0 Å². The van der Waals surface area contributed by atoms with Crippen molar-refractivity contribution in [3.8, 4) is 5.75 Å². The van der Waals surface area contributed by atoms with E-state index in [4.69, 9.17) is 16.3 Å². The molecule has 2 aromatic rings. The second-order valence-corrected chi connectivity index (χ2v) is 7.27. The number of hydrogen-bond acceptors (Lipinski definition) is 3. The fourth-order valence-electron chi connectivity index (χ4n) is 2.84. The van der Waals surface area contributed by atoms with Gasteiger partial charge in [-0.3, -0.25) is 9.59 Å². The smallest absolute Gasteiger partial charge is 0.261 e. The van der Waals surface area contributed by atoms with E-state index in [1.165, 1.54) is 0 Å². The number of ether oxygens (including phenoxy) is 1. The first-order chi connectivity index (χ1) is 13.4. The van der Waals surface area contributed by atoms with E-state index in [0.717, 1.165) is 5.56 Å². The van der Waals surface area contributed by atoms with Gasteiger partial charge in [0, 0.05) is 17.6 Å². The Hall–Kier alpha value is -2.53. The van der Waals surface area contributed by atoms with Crippen LogP contribution in [0.25, 0.3) is 0 Å². The second kappa shape index (κ2) is 10.7. The summed E-state index contributed by atoms with van der Waals surface area (Å²) in [5, 5.41) is 3.50. The molecule has 1 N–H and O–H groups in total. The van der Waals surface area contributed by atoms with Crippen molar-refractivity contribution in [2.75, 3.05) is 6.61 Å². The lowest BCUT2D eigenvalue weighted by molar-refractivity contribution is -0.143. The van der Waals surface area contributed by atoms with E-state index in [1.807, 2.05) is 51.1 Å². The molecule has 0 radical (unpaired) electrons. The molecule has 0 aromatic heterocycles. The molecule has 0 aliphatic rings. The van der Waals surface area contributed by atoms with Gasteiger partial charge < -0.3 is 15.0 Å². The lowest BCUT2D eigenvalue weighted by Gasteiger charge is -2.31. The van der Waals surface area contributed by atoms with Crippen molar-refractivity contribution in [2.24, 2.45) is 0 Å². The molecule has 0 unspecified atom stereocenters. The maximum Gasteiger partial charge on any atom is 0.261 e. The van der Waals surface area contributed by atoms with Gasteiger partial charge in [0.1, 0.15) is 11.8 Å². The van der Waals surface area contributed by atoms with Crippen LogP contribution in [0, 0.1) is 0 Å². The highest BCUT2D eigenvalue weighted by Crippen LogP contribution is 2.17. The maximum atomic E-state index is 13.0.